The van der Waals surface area contributed by atoms with Crippen molar-refractivity contribution in [3.05, 3.63) is 63.1 Å². The van der Waals surface area contributed by atoms with Gasteiger partial charge >= 0.3 is 0 Å². The largest absolute Gasteiger partial charge is 0.484 e. The molecule has 0 saturated heterocycles. The van der Waals surface area contributed by atoms with Crippen LogP contribution in [0.3, 0.4) is 0 Å². The maximum atomic E-state index is 13.2. The van der Waals surface area contributed by atoms with Crippen LogP contribution in [0.25, 0.3) is 0 Å². The first-order valence-corrected chi connectivity index (χ1v) is 12.2. The van der Waals surface area contributed by atoms with Crippen molar-refractivity contribution in [2.45, 2.75) is 64.6 Å². The quantitative estimate of drug-likeness (QED) is 0.488. The molecule has 1 aliphatic rings. The van der Waals surface area contributed by atoms with Crippen LogP contribution in [0.2, 0.25) is 5.02 Å². The lowest BCUT2D eigenvalue weighted by atomic mass is 9.95. The Balaban J connectivity index is 1.71. The summed E-state index contributed by atoms with van der Waals surface area (Å²) in [4.78, 5) is 27.7. The van der Waals surface area contributed by atoms with Crippen LogP contribution in [0.4, 0.5) is 0 Å². The molecule has 3 rings (SSSR count). The lowest BCUT2D eigenvalue weighted by Crippen LogP contribution is -2.51. The van der Waals surface area contributed by atoms with E-state index in [4.69, 9.17) is 16.3 Å². The summed E-state index contributed by atoms with van der Waals surface area (Å²) in [5, 5.41) is 3.73. The number of halogens is 2. The molecule has 2 amide bonds. The van der Waals surface area contributed by atoms with Gasteiger partial charge in [0.25, 0.3) is 5.91 Å². The van der Waals surface area contributed by atoms with Crippen molar-refractivity contribution in [2.75, 3.05) is 6.61 Å². The Labute approximate surface area is 203 Å². The Morgan fingerprint density at radius 2 is 1.94 bits per heavy atom. The number of ether oxygens (including phenoxy) is 1. The van der Waals surface area contributed by atoms with Crippen LogP contribution in [0, 0.1) is 6.92 Å². The molecule has 0 heterocycles. The van der Waals surface area contributed by atoms with Gasteiger partial charge < -0.3 is 15.0 Å². The fourth-order valence-electron chi connectivity index (χ4n) is 3.92. The highest BCUT2D eigenvalue weighted by Gasteiger charge is 2.28. The first kappa shape index (κ1) is 24.6. The smallest absolute Gasteiger partial charge is 0.261 e. The van der Waals surface area contributed by atoms with Gasteiger partial charge in [-0.1, -0.05) is 58.9 Å². The second kappa shape index (κ2) is 11.7. The molecule has 1 atom stereocenters. The molecule has 0 radical (unpaired) electrons. The van der Waals surface area contributed by atoms with Gasteiger partial charge in [0.15, 0.2) is 6.61 Å². The number of nitrogens with zero attached hydrogens (tertiary/aromatic N) is 1. The Hall–Kier alpha value is -2.05. The zero-order valence-corrected chi connectivity index (χ0v) is 20.9. The number of hydrogen-bond donors (Lipinski definition) is 1. The van der Waals surface area contributed by atoms with E-state index < -0.39 is 6.04 Å². The minimum Gasteiger partial charge on any atom is -0.484 e. The number of carbonyl (C=O) groups is 2. The van der Waals surface area contributed by atoms with Gasteiger partial charge in [0.05, 0.1) is 0 Å². The summed E-state index contributed by atoms with van der Waals surface area (Å²) in [7, 11) is 0. The van der Waals surface area contributed by atoms with E-state index in [0.29, 0.717) is 10.8 Å². The Morgan fingerprint density at radius 3 is 2.62 bits per heavy atom. The summed E-state index contributed by atoms with van der Waals surface area (Å²) in [5.41, 5.74) is 1.88. The molecule has 0 spiro atoms. The highest BCUT2D eigenvalue weighted by atomic mass is 79.9. The summed E-state index contributed by atoms with van der Waals surface area (Å²) in [6.07, 6.45) is 5.46. The van der Waals surface area contributed by atoms with Crippen molar-refractivity contribution < 1.29 is 14.3 Å². The molecule has 1 aliphatic carbocycles. The van der Waals surface area contributed by atoms with Crippen molar-refractivity contribution >= 4 is 39.3 Å². The topological polar surface area (TPSA) is 58.6 Å². The lowest BCUT2D eigenvalue weighted by molar-refractivity contribution is -0.142. The van der Waals surface area contributed by atoms with Gasteiger partial charge in [-0.05, 0) is 68.1 Å². The van der Waals surface area contributed by atoms with Gasteiger partial charge in [0.1, 0.15) is 11.8 Å². The average molecular weight is 522 g/mol. The van der Waals surface area contributed by atoms with E-state index in [1.54, 1.807) is 17.9 Å². The number of aryl methyl sites for hydroxylation is 1. The average Bonchev–Trinajstić information content (AvgIpc) is 2.78. The molecule has 172 valence electrons. The van der Waals surface area contributed by atoms with Crippen LogP contribution in [0.15, 0.2) is 46.9 Å². The zero-order valence-electron chi connectivity index (χ0n) is 18.6. The fourth-order valence-corrected chi connectivity index (χ4v) is 4.38. The van der Waals surface area contributed by atoms with Gasteiger partial charge in [-0.2, -0.15) is 0 Å². The van der Waals surface area contributed by atoms with E-state index in [2.05, 4.69) is 21.2 Å². The van der Waals surface area contributed by atoms with E-state index in [-0.39, 0.29) is 31.0 Å². The van der Waals surface area contributed by atoms with E-state index in [1.165, 1.54) is 6.42 Å². The van der Waals surface area contributed by atoms with E-state index >= 15 is 0 Å². The van der Waals surface area contributed by atoms with E-state index in [1.807, 2.05) is 43.3 Å². The summed E-state index contributed by atoms with van der Waals surface area (Å²) in [6, 6.07) is 12.5. The molecule has 1 saturated carbocycles. The second-order valence-corrected chi connectivity index (χ2v) is 9.66. The first-order chi connectivity index (χ1) is 15.3. The van der Waals surface area contributed by atoms with Crippen molar-refractivity contribution in [2.24, 2.45) is 0 Å². The molecule has 2 aromatic carbocycles. The molecule has 32 heavy (non-hydrogen) atoms. The third-order valence-corrected chi connectivity index (χ3v) is 6.98. The molecular weight excluding hydrogens is 492 g/mol. The third kappa shape index (κ3) is 6.97. The van der Waals surface area contributed by atoms with Crippen LogP contribution >= 0.6 is 27.5 Å². The number of rotatable bonds is 8. The van der Waals surface area contributed by atoms with Gasteiger partial charge in [0.2, 0.25) is 5.91 Å². The fraction of sp³-hybridized carbons (Fsp3) is 0.440. The standard InChI is InChI=1S/C25H30BrClN2O3/c1-17-13-22(11-12-23(17)26)32-16-24(30)29(15-19-7-6-8-20(27)14-19)18(2)25(31)28-21-9-4-3-5-10-21/h6-8,11-14,18,21H,3-5,9-10,15-16H2,1-2H3,(H,28,31). The van der Waals surface area contributed by atoms with Crippen molar-refractivity contribution in [3.63, 3.8) is 0 Å². The monoisotopic (exact) mass is 520 g/mol. The number of nitrogens with one attached hydrogen (secondary N) is 1. The molecular formula is C25H30BrClN2O3. The molecule has 2 aromatic rings. The highest BCUT2D eigenvalue weighted by Crippen LogP contribution is 2.22. The molecule has 0 aromatic heterocycles. The number of carbonyl (C=O) groups excluding carboxylic acids is 2. The predicted molar refractivity (Wildman–Crippen MR) is 131 cm³/mol. The summed E-state index contributed by atoms with van der Waals surface area (Å²) in [6.45, 7) is 3.86. The molecule has 1 unspecified atom stereocenters. The Morgan fingerprint density at radius 1 is 1.19 bits per heavy atom. The molecule has 0 bridgehead atoms. The zero-order chi connectivity index (χ0) is 23.1. The van der Waals surface area contributed by atoms with Gasteiger partial charge in [0, 0.05) is 22.1 Å². The first-order valence-electron chi connectivity index (χ1n) is 11.1. The lowest BCUT2D eigenvalue weighted by Gasteiger charge is -2.31. The van der Waals surface area contributed by atoms with Crippen molar-refractivity contribution in [1.29, 1.82) is 0 Å². The normalized spacial score (nSPS) is 15.1. The summed E-state index contributed by atoms with van der Waals surface area (Å²) < 4.78 is 6.73. The van der Waals surface area contributed by atoms with Crippen LogP contribution in [-0.2, 0) is 16.1 Å². The predicted octanol–water partition coefficient (Wildman–Crippen LogP) is 5.66. The van der Waals surface area contributed by atoms with Gasteiger partial charge in [-0.15, -0.1) is 0 Å². The summed E-state index contributed by atoms with van der Waals surface area (Å²) in [5.74, 6) is 0.227. The molecule has 5 nitrogen and oxygen atoms in total. The van der Waals surface area contributed by atoms with Crippen LogP contribution in [0.5, 0.6) is 5.75 Å². The van der Waals surface area contributed by atoms with E-state index in [9.17, 15) is 9.59 Å². The third-order valence-electron chi connectivity index (χ3n) is 5.85. The van der Waals surface area contributed by atoms with E-state index in [0.717, 1.165) is 41.3 Å². The second-order valence-electron chi connectivity index (χ2n) is 8.37. The van der Waals surface area contributed by atoms with Gasteiger partial charge in [-0.3, -0.25) is 9.59 Å². The maximum Gasteiger partial charge on any atom is 0.261 e. The molecule has 7 heteroatoms. The number of amides is 2. The maximum absolute atomic E-state index is 13.2. The highest BCUT2D eigenvalue weighted by molar-refractivity contribution is 9.10. The molecule has 1 fully saturated rings. The van der Waals surface area contributed by atoms with Crippen molar-refractivity contribution in [3.8, 4) is 5.75 Å². The van der Waals surface area contributed by atoms with Gasteiger partial charge in [-0.25, -0.2) is 0 Å². The molecule has 0 aliphatic heterocycles. The number of hydrogen-bond acceptors (Lipinski definition) is 3. The van der Waals surface area contributed by atoms with Crippen LogP contribution in [-0.4, -0.2) is 35.4 Å². The van der Waals surface area contributed by atoms with Crippen LogP contribution in [0.1, 0.15) is 50.2 Å². The van der Waals surface area contributed by atoms with Crippen molar-refractivity contribution in [1.82, 2.24) is 10.2 Å². The molecule has 1 N–H and O–H groups in total. The Bertz CT molecular complexity index is 947. The summed E-state index contributed by atoms with van der Waals surface area (Å²) >= 11 is 9.60. The minimum atomic E-state index is -0.626. The minimum absolute atomic E-state index is 0.133. The Kier molecular flexibility index (Phi) is 9.00. The van der Waals surface area contributed by atoms with Crippen LogP contribution < -0.4 is 10.1 Å². The SMILES string of the molecule is Cc1cc(OCC(=O)N(Cc2cccc(Cl)c2)C(C)C(=O)NC2CCCCC2)ccc1Br. The number of benzene rings is 2.